The number of nitrogens with zero attached hydrogens (tertiary/aromatic N) is 2. The number of benzene rings is 2. The topological polar surface area (TPSA) is 96.1 Å². The molecule has 1 aliphatic heterocycles. The van der Waals surface area contributed by atoms with Crippen molar-refractivity contribution in [1.29, 1.82) is 0 Å². The van der Waals surface area contributed by atoms with Gasteiger partial charge in [-0.25, -0.2) is 0 Å². The van der Waals surface area contributed by atoms with Gasteiger partial charge in [0.1, 0.15) is 12.7 Å². The number of nitro groups is 1. The van der Waals surface area contributed by atoms with Gasteiger partial charge in [-0.2, -0.15) is 0 Å². The smallest absolute Gasteiger partial charge is 0.310 e. The Hall–Kier alpha value is -2.19. The number of piperidine rings is 1. The fourth-order valence-corrected chi connectivity index (χ4v) is 3.57. The van der Waals surface area contributed by atoms with Crippen LogP contribution in [0, 0.1) is 10.1 Å². The second-order valence-electron chi connectivity index (χ2n) is 7.38. The molecule has 1 unspecified atom stereocenters. The summed E-state index contributed by atoms with van der Waals surface area (Å²) in [4.78, 5) is 12.6. The number of β-amino-alcohol motifs (C(OH)–C–C–N with tert-alkyl or cyclic N) is 1. The van der Waals surface area contributed by atoms with Crippen molar-refractivity contribution in [3.05, 3.63) is 70.3 Å². The van der Waals surface area contributed by atoms with Crippen molar-refractivity contribution in [1.82, 2.24) is 4.90 Å². The summed E-state index contributed by atoms with van der Waals surface area (Å²) < 4.78 is 5.45. The minimum absolute atomic E-state index is 0. The molecular formula is C21H27ClN2O5. The van der Waals surface area contributed by atoms with Gasteiger partial charge >= 0.3 is 5.69 Å². The van der Waals surface area contributed by atoms with Crippen LogP contribution >= 0.6 is 12.4 Å². The normalized spacial score (nSPS) is 17.2. The SMILES string of the molecule is Cl.O=[N+]([O-])c1ccccc1OCC(O)CN1CCC(O)(Cc2ccccc2)CC1. The average molecular weight is 423 g/mol. The molecule has 0 radical (unpaired) electrons. The van der Waals surface area contributed by atoms with Crippen molar-refractivity contribution < 1.29 is 19.9 Å². The van der Waals surface area contributed by atoms with E-state index in [-0.39, 0.29) is 30.5 Å². The van der Waals surface area contributed by atoms with Crippen LogP contribution < -0.4 is 4.74 Å². The Morgan fingerprint density at radius 3 is 2.38 bits per heavy atom. The van der Waals surface area contributed by atoms with E-state index in [1.165, 1.54) is 12.1 Å². The van der Waals surface area contributed by atoms with Gasteiger partial charge < -0.3 is 19.8 Å². The minimum Gasteiger partial charge on any atom is -0.484 e. The standard InChI is InChI=1S/C21H26N2O5.ClH/c24-18(16-28-20-9-5-4-8-19(20)23(26)27)15-22-12-10-21(25,11-13-22)14-17-6-2-1-3-7-17;/h1-9,18,24-25H,10-16H2;1H. The zero-order chi connectivity index (χ0) is 20.0. The number of aliphatic hydroxyl groups is 2. The van der Waals surface area contributed by atoms with Crippen LogP contribution in [0.1, 0.15) is 18.4 Å². The number of hydrogen-bond donors (Lipinski definition) is 2. The van der Waals surface area contributed by atoms with Gasteiger partial charge in [-0.15, -0.1) is 12.4 Å². The maximum atomic E-state index is 11.0. The molecule has 0 bridgehead atoms. The highest BCUT2D eigenvalue weighted by Gasteiger charge is 2.33. The van der Waals surface area contributed by atoms with Gasteiger partial charge in [-0.1, -0.05) is 42.5 Å². The largest absolute Gasteiger partial charge is 0.484 e. The first-order valence-electron chi connectivity index (χ1n) is 9.48. The number of halogens is 1. The van der Waals surface area contributed by atoms with Gasteiger partial charge in [0.2, 0.25) is 0 Å². The quantitative estimate of drug-likeness (QED) is 0.501. The molecule has 2 N–H and O–H groups in total. The van der Waals surface area contributed by atoms with E-state index in [2.05, 4.69) is 4.90 Å². The molecule has 1 saturated heterocycles. The molecule has 7 nitrogen and oxygen atoms in total. The van der Waals surface area contributed by atoms with E-state index in [1.807, 2.05) is 30.3 Å². The maximum Gasteiger partial charge on any atom is 0.310 e. The number of likely N-dealkylation sites (tertiary alicyclic amines) is 1. The molecule has 1 fully saturated rings. The van der Waals surface area contributed by atoms with Crippen LogP contribution in [-0.2, 0) is 6.42 Å². The van der Waals surface area contributed by atoms with Crippen LogP contribution in [0.3, 0.4) is 0 Å². The van der Waals surface area contributed by atoms with Gasteiger partial charge in [-0.3, -0.25) is 10.1 Å². The first-order chi connectivity index (χ1) is 13.5. The van der Waals surface area contributed by atoms with Gasteiger partial charge in [0.15, 0.2) is 5.75 Å². The first kappa shape index (κ1) is 23.1. The summed E-state index contributed by atoms with van der Waals surface area (Å²) in [6.45, 7) is 1.76. The van der Waals surface area contributed by atoms with Crippen LogP contribution in [-0.4, -0.2) is 58.0 Å². The number of nitro benzene ring substituents is 1. The zero-order valence-corrected chi connectivity index (χ0v) is 17.0. The van der Waals surface area contributed by atoms with Crippen LogP contribution in [0.4, 0.5) is 5.69 Å². The lowest BCUT2D eigenvalue weighted by Gasteiger charge is -2.39. The highest BCUT2D eigenvalue weighted by molar-refractivity contribution is 5.85. The summed E-state index contributed by atoms with van der Waals surface area (Å²) >= 11 is 0. The lowest BCUT2D eigenvalue weighted by atomic mass is 9.85. The molecule has 0 aliphatic carbocycles. The van der Waals surface area contributed by atoms with Gasteiger partial charge in [0, 0.05) is 32.1 Å². The van der Waals surface area contributed by atoms with Crippen molar-refractivity contribution in [2.45, 2.75) is 31.0 Å². The zero-order valence-electron chi connectivity index (χ0n) is 16.1. The fraction of sp³-hybridized carbons (Fsp3) is 0.429. The summed E-state index contributed by atoms with van der Waals surface area (Å²) in [6, 6.07) is 16.1. The molecular weight excluding hydrogens is 396 g/mol. The summed E-state index contributed by atoms with van der Waals surface area (Å²) in [5.41, 5.74) is 0.291. The molecule has 1 atom stereocenters. The van der Waals surface area contributed by atoms with Crippen LogP contribution in [0.15, 0.2) is 54.6 Å². The van der Waals surface area contributed by atoms with Crippen molar-refractivity contribution >= 4 is 18.1 Å². The monoisotopic (exact) mass is 422 g/mol. The van der Waals surface area contributed by atoms with E-state index in [0.717, 1.165) is 5.56 Å². The predicted molar refractivity (Wildman–Crippen MR) is 113 cm³/mol. The van der Waals surface area contributed by atoms with Gasteiger partial charge in [-0.05, 0) is 24.5 Å². The van der Waals surface area contributed by atoms with E-state index in [4.69, 9.17) is 4.74 Å². The second kappa shape index (κ2) is 10.5. The van der Waals surface area contributed by atoms with Crippen LogP contribution in [0.25, 0.3) is 0 Å². The molecule has 158 valence electrons. The Bertz CT molecular complexity index is 782. The van der Waals surface area contributed by atoms with Gasteiger partial charge in [0.25, 0.3) is 0 Å². The highest BCUT2D eigenvalue weighted by Crippen LogP contribution is 2.27. The Morgan fingerprint density at radius 2 is 1.72 bits per heavy atom. The number of hydrogen-bond acceptors (Lipinski definition) is 6. The van der Waals surface area contributed by atoms with Crippen LogP contribution in [0.2, 0.25) is 0 Å². The number of para-hydroxylation sites is 2. The maximum absolute atomic E-state index is 11.0. The number of rotatable bonds is 8. The molecule has 1 heterocycles. The third kappa shape index (κ3) is 6.68. The number of ether oxygens (including phenoxy) is 1. The van der Waals surface area contributed by atoms with Gasteiger partial charge in [0.05, 0.1) is 10.5 Å². The lowest BCUT2D eigenvalue weighted by Crippen LogP contribution is -2.48. The highest BCUT2D eigenvalue weighted by atomic mass is 35.5. The summed E-state index contributed by atoms with van der Waals surface area (Å²) in [5.74, 6) is 0.155. The third-order valence-electron chi connectivity index (χ3n) is 5.12. The first-order valence-corrected chi connectivity index (χ1v) is 9.48. The molecule has 2 aromatic rings. The average Bonchev–Trinajstić information content (AvgIpc) is 2.69. The third-order valence-corrected chi connectivity index (χ3v) is 5.12. The van der Waals surface area contributed by atoms with E-state index < -0.39 is 16.6 Å². The fourth-order valence-electron chi connectivity index (χ4n) is 3.57. The van der Waals surface area contributed by atoms with E-state index in [1.54, 1.807) is 12.1 Å². The predicted octanol–water partition coefficient (Wildman–Crippen LogP) is 2.83. The molecule has 0 aromatic heterocycles. The molecule has 2 aromatic carbocycles. The molecule has 0 saturated carbocycles. The molecule has 0 spiro atoms. The van der Waals surface area contributed by atoms with Crippen LogP contribution in [0.5, 0.6) is 5.75 Å². The van der Waals surface area contributed by atoms with Crippen molar-refractivity contribution in [3.63, 3.8) is 0 Å². The van der Waals surface area contributed by atoms with E-state index >= 15 is 0 Å². The molecule has 8 heteroatoms. The van der Waals surface area contributed by atoms with Crippen molar-refractivity contribution in [2.24, 2.45) is 0 Å². The molecule has 3 rings (SSSR count). The summed E-state index contributed by atoms with van der Waals surface area (Å²) in [6.07, 6.45) is 1.14. The lowest BCUT2D eigenvalue weighted by molar-refractivity contribution is -0.385. The Morgan fingerprint density at radius 1 is 1.10 bits per heavy atom. The summed E-state index contributed by atoms with van der Waals surface area (Å²) in [5, 5.41) is 32.1. The van der Waals surface area contributed by atoms with E-state index in [0.29, 0.717) is 38.9 Å². The van der Waals surface area contributed by atoms with Crippen molar-refractivity contribution in [2.75, 3.05) is 26.2 Å². The Balaban J connectivity index is 0.00000300. The number of aliphatic hydroxyl groups excluding tert-OH is 1. The molecule has 0 amide bonds. The Kier molecular flexibility index (Phi) is 8.40. The summed E-state index contributed by atoms with van der Waals surface area (Å²) in [7, 11) is 0. The molecule has 1 aliphatic rings. The minimum atomic E-state index is -0.764. The second-order valence-corrected chi connectivity index (χ2v) is 7.38. The van der Waals surface area contributed by atoms with Crippen molar-refractivity contribution in [3.8, 4) is 5.75 Å². The molecule has 29 heavy (non-hydrogen) atoms. The Labute approximate surface area is 176 Å². The van der Waals surface area contributed by atoms with E-state index in [9.17, 15) is 20.3 Å².